The topological polar surface area (TPSA) is 77.0 Å². The van der Waals surface area contributed by atoms with Gasteiger partial charge < -0.3 is 24.6 Å². The normalized spacial score (nSPS) is 17.1. The molecule has 2 N–H and O–H groups in total. The first-order valence-electron chi connectivity index (χ1n) is 6.87. The molecule has 0 aromatic heterocycles. The molecule has 1 aromatic rings. The summed E-state index contributed by atoms with van der Waals surface area (Å²) in [7, 11) is 3.05. The summed E-state index contributed by atoms with van der Waals surface area (Å²) in [5.74, 6) is 0.751. The van der Waals surface area contributed by atoms with Gasteiger partial charge in [0.25, 0.3) is 5.91 Å². The first-order chi connectivity index (χ1) is 10.1. The minimum Gasteiger partial charge on any atom is -0.497 e. The predicted octanol–water partition coefficient (Wildman–Crippen LogP) is 0.975. The van der Waals surface area contributed by atoms with Crippen molar-refractivity contribution in [3.05, 3.63) is 23.8 Å². The van der Waals surface area contributed by atoms with Gasteiger partial charge in [0.2, 0.25) is 0 Å². The average Bonchev–Trinajstić information content (AvgIpc) is 2.55. The average molecular weight is 295 g/mol. The molecule has 1 amide bonds. The zero-order valence-electron chi connectivity index (χ0n) is 12.3. The van der Waals surface area contributed by atoms with Crippen molar-refractivity contribution < 1.29 is 24.1 Å². The monoisotopic (exact) mass is 295 g/mol. The summed E-state index contributed by atoms with van der Waals surface area (Å²) in [5.41, 5.74) is -0.250. The summed E-state index contributed by atoms with van der Waals surface area (Å²) in [6.07, 6.45) is 1.17. The minimum absolute atomic E-state index is 0.117. The predicted molar refractivity (Wildman–Crippen MR) is 76.9 cm³/mol. The van der Waals surface area contributed by atoms with Gasteiger partial charge in [-0.2, -0.15) is 0 Å². The van der Waals surface area contributed by atoms with Crippen molar-refractivity contribution >= 4 is 5.91 Å². The second-order valence-corrected chi connectivity index (χ2v) is 5.07. The molecule has 6 nitrogen and oxygen atoms in total. The SMILES string of the molecule is COc1ccc(OC)c(C(=O)NC2(CO)CCOCC2)c1. The third-order valence-electron chi connectivity index (χ3n) is 3.78. The van der Waals surface area contributed by atoms with Gasteiger partial charge >= 0.3 is 0 Å². The van der Waals surface area contributed by atoms with Crippen LogP contribution >= 0.6 is 0 Å². The Kier molecular flexibility index (Phi) is 5.03. The molecule has 0 aliphatic carbocycles. The number of benzene rings is 1. The molecule has 1 heterocycles. The Morgan fingerprint density at radius 2 is 2.05 bits per heavy atom. The van der Waals surface area contributed by atoms with E-state index in [1.165, 1.54) is 14.2 Å². The number of hydrogen-bond donors (Lipinski definition) is 2. The van der Waals surface area contributed by atoms with Crippen LogP contribution < -0.4 is 14.8 Å². The lowest BCUT2D eigenvalue weighted by molar-refractivity contribution is 0.0125. The number of methoxy groups -OCH3 is 2. The molecule has 0 bridgehead atoms. The van der Waals surface area contributed by atoms with Crippen LogP contribution in [-0.4, -0.2) is 50.6 Å². The molecule has 6 heteroatoms. The Balaban J connectivity index is 2.22. The maximum absolute atomic E-state index is 12.5. The summed E-state index contributed by atoms with van der Waals surface area (Å²) in [4.78, 5) is 12.5. The molecule has 0 atom stereocenters. The first-order valence-corrected chi connectivity index (χ1v) is 6.87. The van der Waals surface area contributed by atoms with Gasteiger partial charge in [-0.05, 0) is 31.0 Å². The van der Waals surface area contributed by atoms with E-state index in [0.717, 1.165) is 0 Å². The molecule has 21 heavy (non-hydrogen) atoms. The zero-order valence-corrected chi connectivity index (χ0v) is 12.3. The smallest absolute Gasteiger partial charge is 0.255 e. The maximum Gasteiger partial charge on any atom is 0.255 e. The van der Waals surface area contributed by atoms with Gasteiger partial charge in [0.1, 0.15) is 11.5 Å². The highest BCUT2D eigenvalue weighted by molar-refractivity contribution is 5.97. The Hall–Kier alpha value is -1.79. The van der Waals surface area contributed by atoms with Crippen LogP contribution in [-0.2, 0) is 4.74 Å². The zero-order chi connectivity index (χ0) is 15.3. The van der Waals surface area contributed by atoms with Crippen molar-refractivity contribution in [3.63, 3.8) is 0 Å². The van der Waals surface area contributed by atoms with E-state index < -0.39 is 5.54 Å². The maximum atomic E-state index is 12.5. The number of hydrogen-bond acceptors (Lipinski definition) is 5. The largest absolute Gasteiger partial charge is 0.497 e. The number of carbonyl (C=O) groups excluding carboxylic acids is 1. The standard InChI is InChI=1S/C15H21NO5/c1-19-11-3-4-13(20-2)12(9-11)14(18)16-15(10-17)5-7-21-8-6-15/h3-4,9,17H,5-8,10H2,1-2H3,(H,16,18). The molecule has 0 unspecified atom stereocenters. The van der Waals surface area contributed by atoms with E-state index in [1.807, 2.05) is 0 Å². The van der Waals surface area contributed by atoms with Gasteiger partial charge in [-0.3, -0.25) is 4.79 Å². The van der Waals surface area contributed by atoms with E-state index in [9.17, 15) is 9.90 Å². The minimum atomic E-state index is -0.635. The van der Waals surface area contributed by atoms with Crippen LogP contribution in [0, 0.1) is 0 Å². The van der Waals surface area contributed by atoms with Crippen LogP contribution in [0.3, 0.4) is 0 Å². The van der Waals surface area contributed by atoms with Crippen LogP contribution in [0.15, 0.2) is 18.2 Å². The van der Waals surface area contributed by atoms with Gasteiger partial charge in [0.05, 0.1) is 31.9 Å². The molecule has 1 aliphatic heterocycles. The molecule has 1 aromatic carbocycles. The van der Waals surface area contributed by atoms with Crippen molar-refractivity contribution in [1.29, 1.82) is 0 Å². The molecule has 0 saturated carbocycles. The summed E-state index contributed by atoms with van der Waals surface area (Å²) in [5, 5.41) is 12.6. The fraction of sp³-hybridized carbons (Fsp3) is 0.533. The second kappa shape index (κ2) is 6.78. The van der Waals surface area contributed by atoms with Gasteiger partial charge in [0.15, 0.2) is 0 Å². The molecule has 116 valence electrons. The molecule has 0 spiro atoms. The third kappa shape index (κ3) is 3.46. The Labute approximate surface area is 124 Å². The molecule has 2 rings (SSSR count). The quantitative estimate of drug-likeness (QED) is 0.846. The van der Waals surface area contributed by atoms with Crippen molar-refractivity contribution in [3.8, 4) is 11.5 Å². The van der Waals surface area contributed by atoms with Crippen LogP contribution in [0.1, 0.15) is 23.2 Å². The van der Waals surface area contributed by atoms with Crippen LogP contribution in [0.25, 0.3) is 0 Å². The number of nitrogens with one attached hydrogen (secondary N) is 1. The van der Waals surface area contributed by atoms with Crippen molar-refractivity contribution in [2.45, 2.75) is 18.4 Å². The lowest BCUT2D eigenvalue weighted by Crippen LogP contribution is -2.54. The fourth-order valence-corrected chi connectivity index (χ4v) is 2.38. The van der Waals surface area contributed by atoms with Crippen molar-refractivity contribution in [2.24, 2.45) is 0 Å². The molecular formula is C15H21NO5. The summed E-state index contributed by atoms with van der Waals surface area (Å²) in [6, 6.07) is 5.04. The highest BCUT2D eigenvalue weighted by atomic mass is 16.5. The molecule has 1 saturated heterocycles. The molecular weight excluding hydrogens is 274 g/mol. The lowest BCUT2D eigenvalue weighted by atomic mass is 9.90. The van der Waals surface area contributed by atoms with Crippen molar-refractivity contribution in [2.75, 3.05) is 34.0 Å². The Morgan fingerprint density at radius 3 is 2.62 bits per heavy atom. The summed E-state index contributed by atoms with van der Waals surface area (Å²) < 4.78 is 15.6. The number of aliphatic hydroxyl groups excluding tert-OH is 1. The highest BCUT2D eigenvalue weighted by Gasteiger charge is 2.34. The van der Waals surface area contributed by atoms with Gasteiger partial charge in [-0.1, -0.05) is 0 Å². The number of rotatable bonds is 5. The van der Waals surface area contributed by atoms with E-state index in [1.54, 1.807) is 18.2 Å². The van der Waals surface area contributed by atoms with E-state index in [4.69, 9.17) is 14.2 Å². The fourth-order valence-electron chi connectivity index (χ4n) is 2.38. The van der Waals surface area contributed by atoms with Gasteiger partial charge in [0, 0.05) is 13.2 Å². The number of ether oxygens (including phenoxy) is 3. The van der Waals surface area contributed by atoms with Crippen LogP contribution in [0.5, 0.6) is 11.5 Å². The molecule has 1 aliphatic rings. The van der Waals surface area contributed by atoms with Crippen LogP contribution in [0.4, 0.5) is 0 Å². The summed E-state index contributed by atoms with van der Waals surface area (Å²) >= 11 is 0. The Morgan fingerprint density at radius 1 is 1.33 bits per heavy atom. The van der Waals surface area contributed by atoms with Gasteiger partial charge in [-0.25, -0.2) is 0 Å². The Bertz CT molecular complexity index is 497. The van der Waals surface area contributed by atoms with E-state index in [2.05, 4.69) is 5.32 Å². The van der Waals surface area contributed by atoms with E-state index in [0.29, 0.717) is 43.1 Å². The number of aliphatic hydroxyl groups is 1. The number of amides is 1. The third-order valence-corrected chi connectivity index (χ3v) is 3.78. The molecule has 1 fully saturated rings. The lowest BCUT2D eigenvalue weighted by Gasteiger charge is -2.36. The van der Waals surface area contributed by atoms with E-state index >= 15 is 0 Å². The first kappa shape index (κ1) is 15.6. The van der Waals surface area contributed by atoms with E-state index in [-0.39, 0.29) is 12.5 Å². The summed E-state index contributed by atoms with van der Waals surface area (Å²) in [6.45, 7) is 0.931. The van der Waals surface area contributed by atoms with Crippen LogP contribution in [0.2, 0.25) is 0 Å². The number of carbonyl (C=O) groups is 1. The van der Waals surface area contributed by atoms with Crippen molar-refractivity contribution in [1.82, 2.24) is 5.32 Å². The second-order valence-electron chi connectivity index (χ2n) is 5.07. The molecule has 0 radical (unpaired) electrons. The highest BCUT2D eigenvalue weighted by Crippen LogP contribution is 2.26. The van der Waals surface area contributed by atoms with Gasteiger partial charge in [-0.15, -0.1) is 0 Å².